The van der Waals surface area contributed by atoms with Crippen LogP contribution in [0.4, 0.5) is 17.1 Å². The average Bonchev–Trinajstić information content (AvgIpc) is 3.32. The van der Waals surface area contributed by atoms with Crippen LogP contribution in [0.2, 0.25) is 0 Å². The summed E-state index contributed by atoms with van der Waals surface area (Å²) in [6.45, 7) is 4.73. The van der Waals surface area contributed by atoms with E-state index in [2.05, 4.69) is 31.1 Å². The molecule has 0 fully saturated rings. The van der Waals surface area contributed by atoms with Gasteiger partial charge in [-0.3, -0.25) is 9.59 Å². The van der Waals surface area contributed by atoms with Gasteiger partial charge in [0.1, 0.15) is 0 Å². The molecule has 3 aromatic carbocycles. The van der Waals surface area contributed by atoms with Crippen molar-refractivity contribution in [2.45, 2.75) is 32.1 Å². The summed E-state index contributed by atoms with van der Waals surface area (Å²) in [5, 5.41) is 23.2. The first-order chi connectivity index (χ1) is 18.0. The molecule has 4 rings (SSSR count). The molecule has 4 aromatic rings. The standard InChI is InChI=1S/C27H27N7O2S/c1-3-34-24(17-28-26(36)23-12-8-7-9-19(23)2)32-33-27(34)37-18-25(35)29-20-13-15-22(16-14-20)31-30-21-10-5-4-6-11-21/h4-16H,3,17-18H2,1-2H3,(H,28,36)(H,29,35). The van der Waals surface area contributed by atoms with Crippen LogP contribution in [0.3, 0.4) is 0 Å². The average molecular weight is 514 g/mol. The molecule has 0 radical (unpaired) electrons. The lowest BCUT2D eigenvalue weighted by molar-refractivity contribution is -0.113. The molecule has 0 spiro atoms. The van der Waals surface area contributed by atoms with Gasteiger partial charge in [-0.15, -0.1) is 10.2 Å². The maximum absolute atomic E-state index is 12.5. The van der Waals surface area contributed by atoms with Crippen molar-refractivity contribution in [3.63, 3.8) is 0 Å². The van der Waals surface area contributed by atoms with Gasteiger partial charge in [0.15, 0.2) is 11.0 Å². The van der Waals surface area contributed by atoms with Crippen molar-refractivity contribution in [2.75, 3.05) is 11.1 Å². The molecule has 0 saturated carbocycles. The number of carbonyl (C=O) groups excluding carboxylic acids is 2. The first-order valence-corrected chi connectivity index (χ1v) is 12.8. The highest BCUT2D eigenvalue weighted by Crippen LogP contribution is 2.21. The number of carbonyl (C=O) groups is 2. The number of anilines is 1. The topological polar surface area (TPSA) is 114 Å². The number of thioether (sulfide) groups is 1. The van der Waals surface area contributed by atoms with Crippen LogP contribution in [0.15, 0.2) is 94.2 Å². The molecule has 0 aliphatic rings. The molecule has 0 unspecified atom stereocenters. The Morgan fingerprint density at radius 1 is 0.892 bits per heavy atom. The zero-order valence-corrected chi connectivity index (χ0v) is 21.4. The minimum Gasteiger partial charge on any atom is -0.345 e. The Balaban J connectivity index is 1.28. The van der Waals surface area contributed by atoms with Gasteiger partial charge in [-0.25, -0.2) is 0 Å². The molecule has 37 heavy (non-hydrogen) atoms. The normalized spacial score (nSPS) is 11.0. The highest BCUT2D eigenvalue weighted by atomic mass is 32.2. The van der Waals surface area contributed by atoms with Gasteiger partial charge in [0.25, 0.3) is 5.91 Å². The lowest BCUT2D eigenvalue weighted by Gasteiger charge is -2.10. The summed E-state index contributed by atoms with van der Waals surface area (Å²) >= 11 is 1.29. The van der Waals surface area contributed by atoms with Crippen LogP contribution < -0.4 is 10.6 Å². The highest BCUT2D eigenvalue weighted by molar-refractivity contribution is 7.99. The number of hydrogen-bond acceptors (Lipinski definition) is 7. The Morgan fingerprint density at radius 3 is 2.27 bits per heavy atom. The number of hydrogen-bond donors (Lipinski definition) is 2. The summed E-state index contributed by atoms with van der Waals surface area (Å²) in [6.07, 6.45) is 0. The molecule has 10 heteroatoms. The number of nitrogens with one attached hydrogen (secondary N) is 2. The van der Waals surface area contributed by atoms with E-state index in [-0.39, 0.29) is 24.1 Å². The van der Waals surface area contributed by atoms with Crippen LogP contribution in [0.5, 0.6) is 0 Å². The lowest BCUT2D eigenvalue weighted by Crippen LogP contribution is -2.25. The summed E-state index contributed by atoms with van der Waals surface area (Å²) in [7, 11) is 0. The van der Waals surface area contributed by atoms with E-state index in [1.165, 1.54) is 11.8 Å². The molecule has 2 amide bonds. The van der Waals surface area contributed by atoms with E-state index in [1.807, 2.05) is 66.9 Å². The lowest BCUT2D eigenvalue weighted by atomic mass is 10.1. The van der Waals surface area contributed by atoms with Crippen LogP contribution in [0, 0.1) is 6.92 Å². The van der Waals surface area contributed by atoms with Gasteiger partial charge in [0.2, 0.25) is 5.91 Å². The van der Waals surface area contributed by atoms with Crippen molar-refractivity contribution >= 4 is 40.6 Å². The van der Waals surface area contributed by atoms with E-state index in [0.717, 1.165) is 11.3 Å². The SMILES string of the molecule is CCn1c(CNC(=O)c2ccccc2C)nnc1SCC(=O)Nc1ccc(N=Nc2ccccc2)cc1. The maximum Gasteiger partial charge on any atom is 0.251 e. The van der Waals surface area contributed by atoms with Crippen LogP contribution in [-0.4, -0.2) is 32.3 Å². The number of rotatable bonds is 10. The van der Waals surface area contributed by atoms with E-state index >= 15 is 0 Å². The molecule has 0 bridgehead atoms. The maximum atomic E-state index is 12.5. The van der Waals surface area contributed by atoms with Crippen LogP contribution in [-0.2, 0) is 17.9 Å². The van der Waals surface area contributed by atoms with Gasteiger partial charge in [-0.2, -0.15) is 10.2 Å². The van der Waals surface area contributed by atoms with Gasteiger partial charge < -0.3 is 15.2 Å². The first kappa shape index (κ1) is 25.8. The fourth-order valence-electron chi connectivity index (χ4n) is 3.51. The van der Waals surface area contributed by atoms with Crippen molar-refractivity contribution in [2.24, 2.45) is 10.2 Å². The van der Waals surface area contributed by atoms with Crippen molar-refractivity contribution in [3.05, 3.63) is 95.8 Å². The number of nitrogens with zero attached hydrogens (tertiary/aromatic N) is 5. The molecule has 1 aromatic heterocycles. The van der Waals surface area contributed by atoms with E-state index in [9.17, 15) is 9.59 Å². The Bertz CT molecular complexity index is 1390. The molecule has 2 N–H and O–H groups in total. The second kappa shape index (κ2) is 12.6. The molecule has 0 atom stereocenters. The summed E-state index contributed by atoms with van der Waals surface area (Å²) in [6, 6.07) is 24.0. The number of amides is 2. The Hall–Kier alpha value is -4.31. The Kier molecular flexibility index (Phi) is 8.77. The van der Waals surface area contributed by atoms with Crippen LogP contribution in [0.1, 0.15) is 28.7 Å². The van der Waals surface area contributed by atoms with Crippen LogP contribution in [0.25, 0.3) is 0 Å². The van der Waals surface area contributed by atoms with Gasteiger partial charge in [0, 0.05) is 17.8 Å². The minimum absolute atomic E-state index is 0.162. The third kappa shape index (κ3) is 7.11. The fourth-order valence-corrected chi connectivity index (χ4v) is 4.33. The number of aromatic nitrogens is 3. The molecule has 1 heterocycles. The molecule has 0 aliphatic heterocycles. The van der Waals surface area contributed by atoms with Crippen molar-refractivity contribution in [1.82, 2.24) is 20.1 Å². The summed E-state index contributed by atoms with van der Waals surface area (Å²) in [5.41, 5.74) is 3.66. The third-order valence-corrected chi connectivity index (χ3v) is 6.39. The molecular formula is C27H27N7O2S. The second-order valence-electron chi connectivity index (χ2n) is 8.06. The van der Waals surface area contributed by atoms with Crippen molar-refractivity contribution in [1.29, 1.82) is 0 Å². The largest absolute Gasteiger partial charge is 0.345 e. The van der Waals surface area contributed by atoms with E-state index < -0.39 is 0 Å². The smallest absolute Gasteiger partial charge is 0.251 e. The molecule has 0 aliphatic carbocycles. The summed E-state index contributed by atoms with van der Waals surface area (Å²) in [4.78, 5) is 25.0. The van der Waals surface area contributed by atoms with E-state index in [1.54, 1.807) is 30.3 Å². The van der Waals surface area contributed by atoms with Crippen molar-refractivity contribution < 1.29 is 9.59 Å². The van der Waals surface area contributed by atoms with Crippen LogP contribution >= 0.6 is 11.8 Å². The number of benzene rings is 3. The Morgan fingerprint density at radius 2 is 1.57 bits per heavy atom. The number of aryl methyl sites for hydroxylation is 1. The Labute approximate surface area is 219 Å². The van der Waals surface area contributed by atoms with Gasteiger partial charge in [-0.05, 0) is 61.9 Å². The monoisotopic (exact) mass is 513 g/mol. The zero-order chi connectivity index (χ0) is 26.0. The quantitative estimate of drug-likeness (QED) is 0.209. The van der Waals surface area contributed by atoms with Gasteiger partial charge in [-0.1, -0.05) is 48.2 Å². The first-order valence-electron chi connectivity index (χ1n) is 11.8. The predicted octanol–water partition coefficient (Wildman–Crippen LogP) is 5.68. The number of azo groups is 1. The minimum atomic E-state index is -0.163. The van der Waals surface area contributed by atoms with Gasteiger partial charge >= 0.3 is 0 Å². The molecule has 188 valence electrons. The predicted molar refractivity (Wildman–Crippen MR) is 144 cm³/mol. The zero-order valence-electron chi connectivity index (χ0n) is 20.6. The van der Waals surface area contributed by atoms with Crippen molar-refractivity contribution in [3.8, 4) is 0 Å². The van der Waals surface area contributed by atoms with Gasteiger partial charge in [0.05, 0.1) is 23.7 Å². The highest BCUT2D eigenvalue weighted by Gasteiger charge is 2.15. The second-order valence-corrected chi connectivity index (χ2v) is 9.00. The third-order valence-electron chi connectivity index (χ3n) is 5.43. The summed E-state index contributed by atoms with van der Waals surface area (Å²) in [5.74, 6) is 0.476. The molecule has 0 saturated heterocycles. The molecule has 9 nitrogen and oxygen atoms in total. The van der Waals surface area contributed by atoms with E-state index in [0.29, 0.717) is 34.5 Å². The molecular weight excluding hydrogens is 486 g/mol. The fraction of sp³-hybridized carbons (Fsp3) is 0.185. The summed E-state index contributed by atoms with van der Waals surface area (Å²) < 4.78 is 1.89. The van der Waals surface area contributed by atoms with E-state index in [4.69, 9.17) is 0 Å².